The molecule has 1 amide bonds. The highest BCUT2D eigenvalue weighted by Crippen LogP contribution is 2.18. The van der Waals surface area contributed by atoms with E-state index in [2.05, 4.69) is 24.4 Å². The summed E-state index contributed by atoms with van der Waals surface area (Å²) in [6.07, 6.45) is 6.07. The molecule has 0 radical (unpaired) electrons. The summed E-state index contributed by atoms with van der Waals surface area (Å²) in [7, 11) is 0. The second-order valence-electron chi connectivity index (χ2n) is 7.11. The van der Waals surface area contributed by atoms with Crippen molar-refractivity contribution in [3.8, 4) is 0 Å². The van der Waals surface area contributed by atoms with Gasteiger partial charge < -0.3 is 14.6 Å². The fraction of sp³-hybridized carbons (Fsp3) is 0.476. The van der Waals surface area contributed by atoms with Gasteiger partial charge in [-0.25, -0.2) is 0 Å². The number of furan rings is 1. The number of nitrogens with one attached hydrogen (secondary N) is 2. The maximum absolute atomic E-state index is 12.4. The van der Waals surface area contributed by atoms with Crippen molar-refractivity contribution in [3.63, 3.8) is 0 Å². The van der Waals surface area contributed by atoms with E-state index in [0.29, 0.717) is 13.0 Å². The summed E-state index contributed by atoms with van der Waals surface area (Å²) in [6, 6.07) is 14.4. The van der Waals surface area contributed by atoms with Crippen LogP contribution in [-0.4, -0.2) is 25.5 Å². The fourth-order valence-electron chi connectivity index (χ4n) is 3.76. The number of hydrogen-bond acceptors (Lipinski definition) is 2. The maximum atomic E-state index is 12.4. The average Bonchev–Trinajstić information content (AvgIpc) is 3.18. The summed E-state index contributed by atoms with van der Waals surface area (Å²) in [5.74, 6) is 1.32. The summed E-state index contributed by atoms with van der Waals surface area (Å²) < 4.78 is 5.66. The minimum absolute atomic E-state index is 0.115. The molecule has 1 aliphatic heterocycles. The van der Waals surface area contributed by atoms with E-state index >= 15 is 0 Å². The zero-order chi connectivity index (χ0) is 17.5. The molecule has 0 unspecified atom stereocenters. The van der Waals surface area contributed by atoms with Crippen LogP contribution in [-0.2, 0) is 4.79 Å². The van der Waals surface area contributed by atoms with Crippen molar-refractivity contribution in [1.82, 2.24) is 5.32 Å². The van der Waals surface area contributed by atoms with Crippen LogP contribution in [0.1, 0.15) is 55.9 Å². The summed E-state index contributed by atoms with van der Waals surface area (Å²) in [4.78, 5) is 14.0. The predicted octanol–water partition coefficient (Wildman–Crippen LogP) is 2.70. The standard InChI is InChI=1S/C21H28N2O2/c1-17(18-9-4-2-5-10-18)15-21(24)22-16-19(20-11-8-14-25-20)23-12-6-3-7-13-23/h2,4-5,8-11,14,17,19H,3,6-7,12-13,15-16H2,1H3,(H,22,24)/p+1/t17-,19+/m0/s1. The molecule has 1 aromatic carbocycles. The summed E-state index contributed by atoms with van der Waals surface area (Å²) >= 11 is 0. The Bertz CT molecular complexity index is 633. The van der Waals surface area contributed by atoms with Gasteiger partial charge in [0, 0.05) is 6.42 Å². The molecule has 4 nitrogen and oxygen atoms in total. The molecule has 1 fully saturated rings. The third-order valence-corrected chi connectivity index (χ3v) is 5.24. The van der Waals surface area contributed by atoms with Crippen molar-refractivity contribution < 1.29 is 14.1 Å². The molecular weight excluding hydrogens is 312 g/mol. The number of piperidine rings is 1. The van der Waals surface area contributed by atoms with Gasteiger partial charge in [0.25, 0.3) is 0 Å². The van der Waals surface area contributed by atoms with E-state index < -0.39 is 0 Å². The van der Waals surface area contributed by atoms with Gasteiger partial charge in [-0.3, -0.25) is 4.79 Å². The fourth-order valence-corrected chi connectivity index (χ4v) is 3.76. The maximum Gasteiger partial charge on any atom is 0.220 e. The molecule has 0 aliphatic carbocycles. The van der Waals surface area contributed by atoms with Gasteiger partial charge in [-0.2, -0.15) is 0 Å². The quantitative estimate of drug-likeness (QED) is 0.813. The molecular formula is C21H29N2O2+. The molecule has 0 spiro atoms. The third-order valence-electron chi connectivity index (χ3n) is 5.24. The van der Waals surface area contributed by atoms with Crippen LogP contribution in [0.25, 0.3) is 0 Å². The zero-order valence-electron chi connectivity index (χ0n) is 15.0. The monoisotopic (exact) mass is 341 g/mol. The van der Waals surface area contributed by atoms with Gasteiger partial charge in [0.05, 0.1) is 25.9 Å². The first-order valence-electron chi connectivity index (χ1n) is 9.43. The van der Waals surface area contributed by atoms with E-state index in [-0.39, 0.29) is 17.9 Å². The Labute approximate surface area is 150 Å². The largest absolute Gasteiger partial charge is 0.463 e. The van der Waals surface area contributed by atoms with E-state index in [1.165, 1.54) is 29.7 Å². The SMILES string of the molecule is C[C@@H](CC(=O)NC[C@H](c1ccco1)[NH+]1CCCCC1)c1ccccc1. The number of benzene rings is 1. The van der Waals surface area contributed by atoms with Crippen LogP contribution in [0.3, 0.4) is 0 Å². The normalized spacial score (nSPS) is 17.8. The lowest BCUT2D eigenvalue weighted by atomic mass is 9.97. The first kappa shape index (κ1) is 17.7. The van der Waals surface area contributed by atoms with Gasteiger partial charge in [0.15, 0.2) is 11.8 Å². The van der Waals surface area contributed by atoms with E-state index in [1.54, 1.807) is 6.26 Å². The minimum Gasteiger partial charge on any atom is -0.463 e. The molecule has 0 saturated carbocycles. The van der Waals surface area contributed by atoms with Crippen molar-refractivity contribution in [2.75, 3.05) is 19.6 Å². The van der Waals surface area contributed by atoms with Crippen molar-refractivity contribution in [2.45, 2.75) is 44.6 Å². The average molecular weight is 341 g/mol. The minimum atomic E-state index is 0.115. The molecule has 1 aromatic heterocycles. The molecule has 2 atom stereocenters. The molecule has 25 heavy (non-hydrogen) atoms. The number of quaternary nitrogens is 1. The van der Waals surface area contributed by atoms with E-state index in [1.807, 2.05) is 30.3 Å². The summed E-state index contributed by atoms with van der Waals surface area (Å²) in [6.45, 7) is 5.06. The van der Waals surface area contributed by atoms with Gasteiger partial charge in [0.1, 0.15) is 0 Å². The molecule has 3 rings (SSSR count). The Morgan fingerprint density at radius 2 is 1.88 bits per heavy atom. The second-order valence-corrected chi connectivity index (χ2v) is 7.11. The lowest BCUT2D eigenvalue weighted by Crippen LogP contribution is -3.13. The number of carbonyl (C=O) groups is 1. The number of carbonyl (C=O) groups excluding carboxylic acids is 1. The second kappa shape index (κ2) is 8.86. The Hall–Kier alpha value is -2.07. The van der Waals surface area contributed by atoms with Crippen LogP contribution in [0.5, 0.6) is 0 Å². The Kier molecular flexibility index (Phi) is 6.29. The van der Waals surface area contributed by atoms with Crippen LogP contribution in [0.15, 0.2) is 53.1 Å². The smallest absolute Gasteiger partial charge is 0.220 e. The van der Waals surface area contributed by atoms with Crippen molar-refractivity contribution in [2.24, 2.45) is 0 Å². The lowest BCUT2D eigenvalue weighted by Gasteiger charge is -2.30. The van der Waals surface area contributed by atoms with Crippen molar-refractivity contribution >= 4 is 5.91 Å². The lowest BCUT2D eigenvalue weighted by molar-refractivity contribution is -0.936. The number of rotatable bonds is 7. The zero-order valence-corrected chi connectivity index (χ0v) is 15.0. The van der Waals surface area contributed by atoms with E-state index in [4.69, 9.17) is 4.42 Å². The first-order chi connectivity index (χ1) is 12.2. The van der Waals surface area contributed by atoms with Gasteiger partial charge in [-0.05, 0) is 42.9 Å². The van der Waals surface area contributed by atoms with Gasteiger partial charge in [0.2, 0.25) is 5.91 Å². The highest BCUT2D eigenvalue weighted by atomic mass is 16.3. The van der Waals surface area contributed by atoms with Crippen molar-refractivity contribution in [3.05, 3.63) is 60.1 Å². The Morgan fingerprint density at radius 3 is 2.56 bits per heavy atom. The first-order valence-corrected chi connectivity index (χ1v) is 9.43. The van der Waals surface area contributed by atoms with E-state index in [0.717, 1.165) is 18.8 Å². The van der Waals surface area contributed by atoms with Gasteiger partial charge in [-0.1, -0.05) is 37.3 Å². The highest BCUT2D eigenvalue weighted by molar-refractivity contribution is 5.76. The van der Waals surface area contributed by atoms with Gasteiger partial charge >= 0.3 is 0 Å². The van der Waals surface area contributed by atoms with Crippen LogP contribution in [0.2, 0.25) is 0 Å². The van der Waals surface area contributed by atoms with Gasteiger partial charge in [-0.15, -0.1) is 0 Å². The van der Waals surface area contributed by atoms with Crippen LogP contribution < -0.4 is 10.2 Å². The molecule has 4 heteroatoms. The Morgan fingerprint density at radius 1 is 1.12 bits per heavy atom. The molecule has 2 N–H and O–H groups in total. The molecule has 1 aliphatic rings. The Balaban J connectivity index is 1.56. The number of hydrogen-bond donors (Lipinski definition) is 2. The molecule has 0 bridgehead atoms. The topological polar surface area (TPSA) is 46.7 Å². The van der Waals surface area contributed by atoms with Crippen LogP contribution in [0, 0.1) is 0 Å². The summed E-state index contributed by atoms with van der Waals surface area (Å²) in [5, 5.41) is 3.15. The van der Waals surface area contributed by atoms with Crippen LogP contribution in [0.4, 0.5) is 0 Å². The molecule has 1 saturated heterocycles. The van der Waals surface area contributed by atoms with Crippen LogP contribution >= 0.6 is 0 Å². The number of amides is 1. The third kappa shape index (κ3) is 4.95. The number of likely N-dealkylation sites (tertiary alicyclic amines) is 1. The molecule has 134 valence electrons. The molecule has 2 aromatic rings. The highest BCUT2D eigenvalue weighted by Gasteiger charge is 2.28. The summed E-state index contributed by atoms with van der Waals surface area (Å²) in [5.41, 5.74) is 1.21. The molecule has 2 heterocycles. The predicted molar refractivity (Wildman–Crippen MR) is 98.5 cm³/mol. The van der Waals surface area contributed by atoms with E-state index in [9.17, 15) is 4.79 Å². The van der Waals surface area contributed by atoms with Crippen molar-refractivity contribution in [1.29, 1.82) is 0 Å².